The van der Waals surface area contributed by atoms with Crippen LogP contribution >= 0.6 is 0 Å². The zero-order chi connectivity index (χ0) is 19.7. The van der Waals surface area contributed by atoms with Gasteiger partial charge in [-0.1, -0.05) is 12.1 Å². The summed E-state index contributed by atoms with van der Waals surface area (Å²) in [5.41, 5.74) is 0.586. The maximum atomic E-state index is 12.6. The number of methoxy groups -OCH3 is 1. The molecular formula is C17H15F2N3O5. The quantitative estimate of drug-likeness (QED) is 0.634. The molecule has 3 rings (SSSR count). The van der Waals surface area contributed by atoms with Crippen LogP contribution in [0.15, 0.2) is 36.4 Å². The Morgan fingerprint density at radius 3 is 2.59 bits per heavy atom. The molecule has 1 unspecified atom stereocenters. The molecule has 0 spiro atoms. The lowest BCUT2D eigenvalue weighted by molar-refractivity contribution is -0.385. The highest BCUT2D eigenvalue weighted by molar-refractivity contribution is 6.02. The number of hydrogen-bond donors (Lipinski definition) is 1. The first kappa shape index (κ1) is 18.4. The average molecular weight is 379 g/mol. The van der Waals surface area contributed by atoms with Gasteiger partial charge in [0.1, 0.15) is 6.17 Å². The molecule has 1 N–H and O–H groups in total. The molecular weight excluding hydrogens is 364 g/mol. The van der Waals surface area contributed by atoms with Crippen LogP contribution in [-0.2, 0) is 0 Å². The molecule has 0 saturated heterocycles. The third-order valence-electron chi connectivity index (χ3n) is 4.20. The van der Waals surface area contributed by atoms with Gasteiger partial charge < -0.3 is 19.7 Å². The van der Waals surface area contributed by atoms with Gasteiger partial charge in [-0.3, -0.25) is 14.9 Å². The summed E-state index contributed by atoms with van der Waals surface area (Å²) in [6.07, 6.45) is -0.901. The standard InChI is InChI=1S/C17H15F2N3O5/c1-21-11-6-4-3-5-9(11)16(23)20-15(21)10-7-13(26-2)14(27-17(18)19)8-12(10)22(24)25/h3-8,15,17H,1-2H3,(H,20,23). The van der Waals surface area contributed by atoms with Crippen molar-refractivity contribution >= 4 is 17.3 Å². The molecule has 0 saturated carbocycles. The molecule has 1 aliphatic rings. The number of carbonyl (C=O) groups excluding carboxylic acids is 1. The predicted molar refractivity (Wildman–Crippen MR) is 91.3 cm³/mol. The van der Waals surface area contributed by atoms with Crippen LogP contribution in [0.2, 0.25) is 0 Å². The second-order valence-corrected chi connectivity index (χ2v) is 5.70. The summed E-state index contributed by atoms with van der Waals surface area (Å²) < 4.78 is 34.5. The van der Waals surface area contributed by atoms with Gasteiger partial charge in [-0.05, 0) is 18.2 Å². The van der Waals surface area contributed by atoms with Crippen molar-refractivity contribution in [1.82, 2.24) is 5.32 Å². The number of rotatable bonds is 5. The first-order chi connectivity index (χ1) is 12.8. The van der Waals surface area contributed by atoms with E-state index in [1.807, 2.05) is 0 Å². The number of nitrogens with one attached hydrogen (secondary N) is 1. The molecule has 142 valence electrons. The maximum absolute atomic E-state index is 12.6. The van der Waals surface area contributed by atoms with E-state index in [2.05, 4.69) is 10.1 Å². The fourth-order valence-electron chi connectivity index (χ4n) is 2.99. The summed E-state index contributed by atoms with van der Waals surface area (Å²) in [5, 5.41) is 14.2. The first-order valence-corrected chi connectivity index (χ1v) is 7.77. The lowest BCUT2D eigenvalue weighted by atomic mass is 10.0. The van der Waals surface area contributed by atoms with E-state index in [0.29, 0.717) is 11.3 Å². The van der Waals surface area contributed by atoms with E-state index in [-0.39, 0.29) is 11.3 Å². The van der Waals surface area contributed by atoms with Gasteiger partial charge in [0.05, 0.1) is 34.9 Å². The third-order valence-corrected chi connectivity index (χ3v) is 4.20. The molecule has 0 fully saturated rings. The van der Waals surface area contributed by atoms with Crippen LogP contribution in [0.1, 0.15) is 22.1 Å². The van der Waals surface area contributed by atoms with Gasteiger partial charge in [0.25, 0.3) is 11.6 Å². The van der Waals surface area contributed by atoms with E-state index < -0.39 is 35.0 Å². The summed E-state index contributed by atoms with van der Waals surface area (Å²) in [6, 6.07) is 8.85. The normalized spacial score (nSPS) is 16.0. The average Bonchev–Trinajstić information content (AvgIpc) is 2.64. The van der Waals surface area contributed by atoms with Gasteiger partial charge in [-0.2, -0.15) is 8.78 Å². The minimum absolute atomic E-state index is 0.0730. The molecule has 1 atom stereocenters. The van der Waals surface area contributed by atoms with Crippen molar-refractivity contribution in [2.75, 3.05) is 19.1 Å². The second-order valence-electron chi connectivity index (χ2n) is 5.70. The van der Waals surface area contributed by atoms with Crippen LogP contribution in [0.5, 0.6) is 11.5 Å². The second kappa shape index (κ2) is 7.06. The Morgan fingerprint density at radius 1 is 1.26 bits per heavy atom. The summed E-state index contributed by atoms with van der Waals surface area (Å²) in [5.74, 6) is -0.986. The molecule has 0 aliphatic carbocycles. The van der Waals surface area contributed by atoms with E-state index in [4.69, 9.17) is 4.74 Å². The SMILES string of the molecule is COc1cc(C2NC(=O)c3ccccc3N2C)c([N+](=O)[O-])cc1OC(F)F. The largest absolute Gasteiger partial charge is 0.493 e. The molecule has 0 radical (unpaired) electrons. The van der Waals surface area contributed by atoms with Crippen molar-refractivity contribution in [3.8, 4) is 11.5 Å². The number of ether oxygens (including phenoxy) is 2. The highest BCUT2D eigenvalue weighted by atomic mass is 19.3. The number of alkyl halides is 2. The van der Waals surface area contributed by atoms with Crippen LogP contribution < -0.4 is 19.7 Å². The number of para-hydroxylation sites is 1. The zero-order valence-electron chi connectivity index (χ0n) is 14.3. The highest BCUT2D eigenvalue weighted by Gasteiger charge is 2.35. The van der Waals surface area contributed by atoms with Crippen molar-refractivity contribution in [3.05, 3.63) is 57.6 Å². The van der Waals surface area contributed by atoms with Crippen LogP contribution in [-0.4, -0.2) is 31.6 Å². The number of halogens is 2. The van der Waals surface area contributed by atoms with Crippen LogP contribution in [0, 0.1) is 10.1 Å². The number of nitrogens with zero attached hydrogens (tertiary/aromatic N) is 2. The van der Waals surface area contributed by atoms with E-state index >= 15 is 0 Å². The molecule has 2 aromatic rings. The number of hydrogen-bond acceptors (Lipinski definition) is 6. The Morgan fingerprint density at radius 2 is 1.96 bits per heavy atom. The highest BCUT2D eigenvalue weighted by Crippen LogP contribution is 2.41. The third kappa shape index (κ3) is 3.33. The van der Waals surface area contributed by atoms with Crippen molar-refractivity contribution < 1.29 is 28.0 Å². The summed E-state index contributed by atoms with van der Waals surface area (Å²) in [7, 11) is 2.88. The number of fused-ring (bicyclic) bond motifs is 1. The van der Waals surface area contributed by atoms with Gasteiger partial charge in [0.15, 0.2) is 11.5 Å². The molecule has 8 nitrogen and oxygen atoms in total. The lowest BCUT2D eigenvalue weighted by Gasteiger charge is -2.36. The molecule has 0 aromatic heterocycles. The number of amides is 1. The van der Waals surface area contributed by atoms with E-state index in [1.54, 1.807) is 36.2 Å². The molecule has 0 bridgehead atoms. The Balaban J connectivity index is 2.13. The minimum atomic E-state index is -3.17. The number of benzene rings is 2. The molecule has 1 amide bonds. The Bertz CT molecular complexity index is 906. The maximum Gasteiger partial charge on any atom is 0.387 e. The molecule has 1 heterocycles. The van der Waals surface area contributed by atoms with Crippen LogP contribution in [0.25, 0.3) is 0 Å². The monoisotopic (exact) mass is 379 g/mol. The summed E-state index contributed by atoms with van der Waals surface area (Å²) in [4.78, 5) is 24.8. The number of anilines is 1. The van der Waals surface area contributed by atoms with E-state index in [1.165, 1.54) is 13.2 Å². The van der Waals surface area contributed by atoms with Gasteiger partial charge in [-0.25, -0.2) is 0 Å². The summed E-state index contributed by atoms with van der Waals surface area (Å²) in [6.45, 7) is -3.17. The number of nitro groups is 1. The van der Waals surface area contributed by atoms with Crippen LogP contribution in [0.4, 0.5) is 20.2 Å². The Hall–Kier alpha value is -3.43. The Kier molecular flexibility index (Phi) is 4.80. The van der Waals surface area contributed by atoms with Crippen LogP contribution in [0.3, 0.4) is 0 Å². The zero-order valence-corrected chi connectivity index (χ0v) is 14.3. The first-order valence-electron chi connectivity index (χ1n) is 7.77. The fourth-order valence-corrected chi connectivity index (χ4v) is 2.99. The van der Waals surface area contributed by atoms with Crippen molar-refractivity contribution in [2.24, 2.45) is 0 Å². The van der Waals surface area contributed by atoms with Crippen molar-refractivity contribution in [1.29, 1.82) is 0 Å². The van der Waals surface area contributed by atoms with Crippen molar-refractivity contribution in [2.45, 2.75) is 12.8 Å². The number of nitro benzene ring substituents is 1. The summed E-state index contributed by atoms with van der Waals surface area (Å²) >= 11 is 0. The lowest BCUT2D eigenvalue weighted by Crippen LogP contribution is -2.44. The number of carbonyl (C=O) groups is 1. The van der Waals surface area contributed by atoms with E-state index in [0.717, 1.165) is 6.07 Å². The predicted octanol–water partition coefficient (Wildman–Crippen LogP) is 3.08. The van der Waals surface area contributed by atoms with E-state index in [9.17, 15) is 23.7 Å². The smallest absolute Gasteiger partial charge is 0.387 e. The minimum Gasteiger partial charge on any atom is -0.493 e. The molecule has 10 heteroatoms. The van der Waals surface area contributed by atoms with Gasteiger partial charge >= 0.3 is 6.61 Å². The fraction of sp³-hybridized carbons (Fsp3) is 0.235. The van der Waals surface area contributed by atoms with Crippen molar-refractivity contribution in [3.63, 3.8) is 0 Å². The molecule has 2 aromatic carbocycles. The topological polar surface area (TPSA) is 93.9 Å². The van der Waals surface area contributed by atoms with Gasteiger partial charge in [0, 0.05) is 7.05 Å². The van der Waals surface area contributed by atoms with Gasteiger partial charge in [0.2, 0.25) is 0 Å². The molecule has 1 aliphatic heterocycles. The molecule has 27 heavy (non-hydrogen) atoms. The van der Waals surface area contributed by atoms with Gasteiger partial charge in [-0.15, -0.1) is 0 Å². The Labute approximate surface area is 152 Å².